The van der Waals surface area contributed by atoms with Crippen LogP contribution in [-0.2, 0) is 13.1 Å². The standard InChI is InChI=1S/C17H21FN4O3/c1-3-8-22-15(19)14(16(24)20-17(22)25)13(23)10-21(2)9-11-4-6-12(18)7-5-11/h4-7H,3,8-10,19H2,1-2H3,(H,20,24,25). The second-order valence-corrected chi connectivity index (χ2v) is 5.89. The molecule has 2 aromatic rings. The molecule has 0 saturated carbocycles. The van der Waals surface area contributed by atoms with Gasteiger partial charge in [-0.25, -0.2) is 9.18 Å². The number of ketones is 1. The van der Waals surface area contributed by atoms with Gasteiger partial charge in [0.15, 0.2) is 5.78 Å². The van der Waals surface area contributed by atoms with Crippen LogP contribution in [0.5, 0.6) is 0 Å². The van der Waals surface area contributed by atoms with Crippen LogP contribution >= 0.6 is 0 Å². The Hall–Kier alpha value is -2.74. The number of rotatable bonds is 7. The molecule has 134 valence electrons. The normalized spacial score (nSPS) is 11.0. The van der Waals surface area contributed by atoms with Crippen LogP contribution in [0.25, 0.3) is 0 Å². The Labute approximate surface area is 143 Å². The third-order valence-corrected chi connectivity index (χ3v) is 3.74. The van der Waals surface area contributed by atoms with E-state index in [4.69, 9.17) is 5.73 Å². The van der Waals surface area contributed by atoms with Gasteiger partial charge in [-0.3, -0.25) is 24.0 Å². The molecule has 0 unspecified atom stereocenters. The van der Waals surface area contributed by atoms with Crippen LogP contribution < -0.4 is 17.0 Å². The number of likely N-dealkylation sites (N-methyl/N-ethyl adjacent to an activating group) is 1. The number of aromatic amines is 1. The van der Waals surface area contributed by atoms with Gasteiger partial charge >= 0.3 is 5.69 Å². The highest BCUT2D eigenvalue weighted by Crippen LogP contribution is 2.09. The molecule has 1 aromatic carbocycles. The second kappa shape index (κ2) is 7.89. The molecule has 0 saturated heterocycles. The largest absolute Gasteiger partial charge is 0.384 e. The number of H-pyrrole nitrogens is 1. The highest BCUT2D eigenvalue weighted by Gasteiger charge is 2.20. The highest BCUT2D eigenvalue weighted by molar-refractivity contribution is 6.01. The first-order valence-electron chi connectivity index (χ1n) is 7.92. The number of carbonyl (C=O) groups excluding carboxylic acids is 1. The molecule has 8 heteroatoms. The molecule has 7 nitrogen and oxygen atoms in total. The predicted molar refractivity (Wildman–Crippen MR) is 93.1 cm³/mol. The van der Waals surface area contributed by atoms with Crippen LogP contribution in [0.15, 0.2) is 33.9 Å². The third kappa shape index (κ3) is 4.42. The number of benzene rings is 1. The van der Waals surface area contributed by atoms with E-state index >= 15 is 0 Å². The molecule has 0 radical (unpaired) electrons. The number of nitrogens with one attached hydrogen (secondary N) is 1. The monoisotopic (exact) mass is 348 g/mol. The predicted octanol–water partition coefficient (Wildman–Crippen LogP) is 0.983. The molecular weight excluding hydrogens is 327 g/mol. The van der Waals surface area contributed by atoms with Crippen molar-refractivity contribution in [1.29, 1.82) is 0 Å². The van der Waals surface area contributed by atoms with Gasteiger partial charge in [-0.1, -0.05) is 19.1 Å². The summed E-state index contributed by atoms with van der Waals surface area (Å²) in [5.74, 6) is -0.927. The Balaban J connectivity index is 2.20. The van der Waals surface area contributed by atoms with Crippen molar-refractivity contribution in [3.8, 4) is 0 Å². The summed E-state index contributed by atoms with van der Waals surface area (Å²) >= 11 is 0. The molecule has 3 N–H and O–H groups in total. The number of Topliss-reactive ketones (excluding diaryl/α,β-unsaturated/α-hetero) is 1. The average molecular weight is 348 g/mol. The molecule has 0 spiro atoms. The van der Waals surface area contributed by atoms with E-state index in [2.05, 4.69) is 4.98 Å². The minimum atomic E-state index is -0.782. The Morgan fingerprint density at radius 3 is 2.52 bits per heavy atom. The molecule has 25 heavy (non-hydrogen) atoms. The first kappa shape index (κ1) is 18.6. The number of anilines is 1. The topological polar surface area (TPSA) is 101 Å². The van der Waals surface area contributed by atoms with Gasteiger partial charge < -0.3 is 5.73 Å². The van der Waals surface area contributed by atoms with Crippen LogP contribution in [0.3, 0.4) is 0 Å². The number of carbonyl (C=O) groups is 1. The summed E-state index contributed by atoms with van der Waals surface area (Å²) in [7, 11) is 1.70. The zero-order valence-electron chi connectivity index (χ0n) is 14.2. The SMILES string of the molecule is CCCn1c(N)c(C(=O)CN(C)Cc2ccc(F)cc2)c(=O)[nH]c1=O. The minimum absolute atomic E-state index is 0.0605. The molecule has 1 heterocycles. The van der Waals surface area contributed by atoms with Crippen LogP contribution in [0.1, 0.15) is 29.3 Å². The van der Waals surface area contributed by atoms with Crippen molar-refractivity contribution in [2.24, 2.45) is 0 Å². The van der Waals surface area contributed by atoms with Gasteiger partial charge in [0.2, 0.25) is 0 Å². The lowest BCUT2D eigenvalue weighted by molar-refractivity contribution is 0.0941. The fourth-order valence-corrected chi connectivity index (χ4v) is 2.58. The Kier molecular flexibility index (Phi) is 5.87. The number of hydrogen-bond acceptors (Lipinski definition) is 5. The Morgan fingerprint density at radius 1 is 1.28 bits per heavy atom. The molecule has 0 aliphatic carbocycles. The van der Waals surface area contributed by atoms with Gasteiger partial charge in [-0.15, -0.1) is 0 Å². The number of nitrogens with two attached hydrogens (primary N) is 1. The molecule has 1 aromatic heterocycles. The van der Waals surface area contributed by atoms with Crippen LogP contribution in [0, 0.1) is 5.82 Å². The second-order valence-electron chi connectivity index (χ2n) is 5.89. The van der Waals surface area contributed by atoms with Crippen LogP contribution in [0.2, 0.25) is 0 Å². The van der Waals surface area contributed by atoms with Crippen molar-refractivity contribution in [3.05, 3.63) is 62.0 Å². The number of nitrogens with zero attached hydrogens (tertiary/aromatic N) is 2. The zero-order chi connectivity index (χ0) is 18.6. The van der Waals surface area contributed by atoms with E-state index in [9.17, 15) is 18.8 Å². The van der Waals surface area contributed by atoms with Gasteiger partial charge in [0, 0.05) is 13.1 Å². The lowest BCUT2D eigenvalue weighted by atomic mass is 10.1. The number of nitrogen functional groups attached to an aromatic ring is 1. The molecule has 2 rings (SSSR count). The van der Waals surface area contributed by atoms with Crippen molar-refractivity contribution in [2.75, 3.05) is 19.3 Å². The van der Waals surface area contributed by atoms with Crippen LogP contribution in [-0.4, -0.2) is 33.8 Å². The van der Waals surface area contributed by atoms with E-state index in [0.29, 0.717) is 19.5 Å². The fourth-order valence-electron chi connectivity index (χ4n) is 2.58. The van der Waals surface area contributed by atoms with E-state index in [1.54, 1.807) is 24.1 Å². The Bertz CT molecular complexity index is 871. The number of aromatic nitrogens is 2. The van der Waals surface area contributed by atoms with Gasteiger partial charge in [-0.2, -0.15) is 0 Å². The summed E-state index contributed by atoms with van der Waals surface area (Å²) in [4.78, 5) is 40.1. The maximum Gasteiger partial charge on any atom is 0.329 e. The smallest absolute Gasteiger partial charge is 0.329 e. The third-order valence-electron chi connectivity index (χ3n) is 3.74. The van der Waals surface area contributed by atoms with Gasteiger partial charge in [-0.05, 0) is 31.2 Å². The molecule has 0 aliphatic rings. The summed E-state index contributed by atoms with van der Waals surface area (Å²) in [6.45, 7) is 2.51. The lowest BCUT2D eigenvalue weighted by Crippen LogP contribution is -2.38. The van der Waals surface area contributed by atoms with Crippen molar-refractivity contribution in [1.82, 2.24) is 14.5 Å². The Morgan fingerprint density at radius 2 is 1.92 bits per heavy atom. The van der Waals surface area contributed by atoms with Crippen molar-refractivity contribution >= 4 is 11.6 Å². The minimum Gasteiger partial charge on any atom is -0.384 e. The fraction of sp³-hybridized carbons (Fsp3) is 0.353. The molecular formula is C17H21FN4O3. The van der Waals surface area contributed by atoms with E-state index in [0.717, 1.165) is 5.56 Å². The number of halogens is 1. The molecule has 0 bridgehead atoms. The van der Waals surface area contributed by atoms with E-state index < -0.39 is 17.0 Å². The summed E-state index contributed by atoms with van der Waals surface area (Å²) in [5, 5.41) is 0. The average Bonchev–Trinajstić information content (AvgIpc) is 2.53. The molecule has 0 fully saturated rings. The molecule has 0 aliphatic heterocycles. The van der Waals surface area contributed by atoms with Crippen LogP contribution in [0.4, 0.5) is 10.2 Å². The van der Waals surface area contributed by atoms with Gasteiger partial charge in [0.05, 0.1) is 6.54 Å². The lowest BCUT2D eigenvalue weighted by Gasteiger charge is -2.17. The van der Waals surface area contributed by atoms with Gasteiger partial charge in [0.25, 0.3) is 5.56 Å². The van der Waals surface area contributed by atoms with E-state index in [-0.39, 0.29) is 23.7 Å². The maximum atomic E-state index is 12.9. The summed E-state index contributed by atoms with van der Waals surface area (Å²) in [6.07, 6.45) is 0.633. The first-order chi connectivity index (χ1) is 11.8. The van der Waals surface area contributed by atoms with Crippen molar-refractivity contribution in [2.45, 2.75) is 26.4 Å². The van der Waals surface area contributed by atoms with E-state index in [1.807, 2.05) is 6.92 Å². The van der Waals surface area contributed by atoms with E-state index in [1.165, 1.54) is 16.7 Å². The molecule has 0 amide bonds. The summed E-state index contributed by atoms with van der Waals surface area (Å²) < 4.78 is 14.1. The highest BCUT2D eigenvalue weighted by atomic mass is 19.1. The zero-order valence-corrected chi connectivity index (χ0v) is 14.2. The number of hydrogen-bond donors (Lipinski definition) is 2. The molecule has 0 atom stereocenters. The maximum absolute atomic E-state index is 12.9. The summed E-state index contributed by atoms with van der Waals surface area (Å²) in [5.41, 5.74) is 5.09. The quantitative estimate of drug-likeness (QED) is 0.727. The summed E-state index contributed by atoms with van der Waals surface area (Å²) in [6, 6.07) is 5.93. The van der Waals surface area contributed by atoms with Crippen molar-refractivity contribution in [3.63, 3.8) is 0 Å². The van der Waals surface area contributed by atoms with Crippen molar-refractivity contribution < 1.29 is 9.18 Å². The first-order valence-corrected chi connectivity index (χ1v) is 7.92. The van der Waals surface area contributed by atoms with Gasteiger partial charge in [0.1, 0.15) is 17.2 Å².